The average Bonchev–Trinajstić information content (AvgIpc) is 2.82. The van der Waals surface area contributed by atoms with Crippen molar-refractivity contribution >= 4 is 11.8 Å². The molecule has 6 nitrogen and oxygen atoms in total. The maximum Gasteiger partial charge on any atom is 0.256 e. The number of nitrogens with zero attached hydrogens (tertiary/aromatic N) is 2. The minimum Gasteiger partial charge on any atom is -0.357 e. The first-order valence-electron chi connectivity index (χ1n) is 10.6. The Morgan fingerprint density at radius 1 is 1.00 bits per heavy atom. The average molecular weight is 432 g/mol. The summed E-state index contributed by atoms with van der Waals surface area (Å²) >= 11 is 0. The lowest BCUT2D eigenvalue weighted by atomic mass is 9.90. The van der Waals surface area contributed by atoms with Crippen LogP contribution in [0.5, 0.6) is 0 Å². The van der Waals surface area contributed by atoms with Gasteiger partial charge in [-0.25, -0.2) is 0 Å². The van der Waals surface area contributed by atoms with E-state index in [0.29, 0.717) is 17.7 Å². The van der Waals surface area contributed by atoms with Crippen LogP contribution in [0.15, 0.2) is 77.7 Å². The van der Waals surface area contributed by atoms with Gasteiger partial charge in [-0.05, 0) is 31.0 Å². The molecule has 0 aliphatic carbocycles. The Bertz CT molecular complexity index is 1070. The van der Waals surface area contributed by atoms with Crippen molar-refractivity contribution < 1.29 is 9.59 Å². The van der Waals surface area contributed by atoms with Crippen LogP contribution in [-0.4, -0.2) is 40.9 Å². The largest absolute Gasteiger partial charge is 0.357 e. The lowest BCUT2D eigenvalue weighted by Gasteiger charge is -2.32. The van der Waals surface area contributed by atoms with E-state index in [-0.39, 0.29) is 23.3 Å². The molecule has 2 amide bonds. The van der Waals surface area contributed by atoms with Crippen molar-refractivity contribution in [3.63, 3.8) is 0 Å². The van der Waals surface area contributed by atoms with Crippen LogP contribution in [0.25, 0.3) is 0 Å². The Morgan fingerprint density at radius 3 is 2.00 bits per heavy atom. The lowest BCUT2D eigenvalue weighted by Crippen LogP contribution is -2.49. The van der Waals surface area contributed by atoms with Crippen LogP contribution in [0.2, 0.25) is 0 Å². The van der Waals surface area contributed by atoms with E-state index in [1.807, 2.05) is 60.7 Å². The van der Waals surface area contributed by atoms with E-state index in [0.717, 1.165) is 11.1 Å². The molecule has 6 heteroatoms. The van der Waals surface area contributed by atoms with E-state index < -0.39 is 6.04 Å². The number of rotatable bonds is 7. The third-order valence-electron chi connectivity index (χ3n) is 5.75. The summed E-state index contributed by atoms with van der Waals surface area (Å²) in [5.41, 5.74) is 2.81. The van der Waals surface area contributed by atoms with E-state index >= 15 is 0 Å². The van der Waals surface area contributed by atoms with Gasteiger partial charge < -0.3 is 14.8 Å². The lowest BCUT2D eigenvalue weighted by molar-refractivity contribution is -0.124. The topological polar surface area (TPSA) is 71.4 Å². The van der Waals surface area contributed by atoms with Crippen molar-refractivity contribution in [1.82, 2.24) is 14.8 Å². The van der Waals surface area contributed by atoms with Crippen molar-refractivity contribution in [1.29, 1.82) is 0 Å². The SMILES string of the molecule is CNC(=O)C(C)N(CC(c1ccccc1)c1ccccc1)C(=O)c1cc(C)c(=O)n(C)c1. The Labute approximate surface area is 188 Å². The first-order chi connectivity index (χ1) is 15.3. The predicted molar refractivity (Wildman–Crippen MR) is 126 cm³/mol. The molecule has 0 saturated carbocycles. The van der Waals surface area contributed by atoms with E-state index in [1.165, 1.54) is 10.8 Å². The molecule has 0 bridgehead atoms. The molecule has 1 N–H and O–H groups in total. The van der Waals surface area contributed by atoms with Gasteiger partial charge in [0.1, 0.15) is 6.04 Å². The second-order valence-corrected chi connectivity index (χ2v) is 7.95. The number of amides is 2. The number of benzene rings is 2. The first-order valence-corrected chi connectivity index (χ1v) is 10.6. The fourth-order valence-corrected chi connectivity index (χ4v) is 3.90. The molecular weight excluding hydrogens is 402 g/mol. The number of pyridine rings is 1. The van der Waals surface area contributed by atoms with Gasteiger partial charge in [0.25, 0.3) is 11.5 Å². The highest BCUT2D eigenvalue weighted by molar-refractivity contribution is 5.97. The molecule has 3 rings (SSSR count). The Balaban J connectivity index is 2.07. The molecular formula is C26H29N3O3. The molecule has 166 valence electrons. The molecule has 0 saturated heterocycles. The number of carbonyl (C=O) groups is 2. The van der Waals surface area contributed by atoms with Crippen LogP contribution in [-0.2, 0) is 11.8 Å². The van der Waals surface area contributed by atoms with Gasteiger partial charge in [-0.15, -0.1) is 0 Å². The monoisotopic (exact) mass is 431 g/mol. The van der Waals surface area contributed by atoms with Crippen LogP contribution < -0.4 is 10.9 Å². The molecule has 1 atom stereocenters. The van der Waals surface area contributed by atoms with Gasteiger partial charge in [0, 0.05) is 38.3 Å². The number of likely N-dealkylation sites (N-methyl/N-ethyl adjacent to an activating group) is 1. The van der Waals surface area contributed by atoms with Crippen molar-refractivity contribution in [3.8, 4) is 0 Å². The summed E-state index contributed by atoms with van der Waals surface area (Å²) < 4.78 is 1.40. The van der Waals surface area contributed by atoms with Gasteiger partial charge in [-0.1, -0.05) is 60.7 Å². The molecule has 1 heterocycles. The molecule has 0 radical (unpaired) electrons. The number of aryl methyl sites for hydroxylation is 2. The predicted octanol–water partition coefficient (Wildman–Crippen LogP) is 3.10. The summed E-state index contributed by atoms with van der Waals surface area (Å²) in [6, 6.07) is 20.8. The third kappa shape index (κ3) is 4.97. The molecule has 0 spiro atoms. The molecule has 0 fully saturated rings. The van der Waals surface area contributed by atoms with E-state index in [2.05, 4.69) is 5.32 Å². The maximum absolute atomic E-state index is 13.7. The minimum absolute atomic E-state index is 0.123. The molecule has 32 heavy (non-hydrogen) atoms. The van der Waals surface area contributed by atoms with E-state index in [4.69, 9.17) is 0 Å². The number of hydrogen-bond acceptors (Lipinski definition) is 3. The second kappa shape index (κ2) is 10.1. The molecule has 1 aromatic heterocycles. The molecule has 3 aromatic rings. The maximum atomic E-state index is 13.7. The zero-order valence-electron chi connectivity index (χ0n) is 18.9. The van der Waals surface area contributed by atoms with Gasteiger partial charge in [-0.2, -0.15) is 0 Å². The van der Waals surface area contributed by atoms with E-state index in [1.54, 1.807) is 38.9 Å². The summed E-state index contributed by atoms with van der Waals surface area (Å²) in [6.07, 6.45) is 1.53. The molecule has 2 aromatic carbocycles. The van der Waals surface area contributed by atoms with Gasteiger partial charge in [-0.3, -0.25) is 14.4 Å². The smallest absolute Gasteiger partial charge is 0.256 e. The van der Waals surface area contributed by atoms with Crippen LogP contribution in [0.3, 0.4) is 0 Å². The van der Waals surface area contributed by atoms with Crippen LogP contribution in [0, 0.1) is 6.92 Å². The first kappa shape index (κ1) is 23.0. The van der Waals surface area contributed by atoms with Gasteiger partial charge in [0.05, 0.1) is 5.56 Å². The van der Waals surface area contributed by atoms with Crippen molar-refractivity contribution in [2.75, 3.05) is 13.6 Å². The van der Waals surface area contributed by atoms with Gasteiger partial charge in [0.15, 0.2) is 0 Å². The third-order valence-corrected chi connectivity index (χ3v) is 5.75. The van der Waals surface area contributed by atoms with Crippen LogP contribution in [0.1, 0.15) is 39.9 Å². The van der Waals surface area contributed by atoms with Crippen LogP contribution in [0.4, 0.5) is 0 Å². The Morgan fingerprint density at radius 2 is 1.53 bits per heavy atom. The summed E-state index contributed by atoms with van der Waals surface area (Å²) in [4.78, 5) is 39.9. The fourth-order valence-electron chi connectivity index (χ4n) is 3.90. The minimum atomic E-state index is -0.694. The summed E-state index contributed by atoms with van der Waals surface area (Å²) in [7, 11) is 3.18. The highest BCUT2D eigenvalue weighted by Crippen LogP contribution is 2.27. The summed E-state index contributed by atoms with van der Waals surface area (Å²) in [5.74, 6) is -0.668. The quantitative estimate of drug-likeness (QED) is 0.625. The standard InChI is InChI=1S/C26H29N3O3/c1-18-15-22(16-28(4)25(18)31)26(32)29(19(2)24(30)27-3)17-23(20-11-7-5-8-12-20)21-13-9-6-10-14-21/h5-16,19,23H,17H2,1-4H3,(H,27,30). The zero-order valence-corrected chi connectivity index (χ0v) is 18.9. The number of aromatic nitrogens is 1. The number of nitrogens with one attached hydrogen (secondary N) is 1. The van der Waals surface area contributed by atoms with Crippen molar-refractivity contribution in [2.24, 2.45) is 7.05 Å². The zero-order chi connectivity index (χ0) is 23.3. The van der Waals surface area contributed by atoms with Crippen molar-refractivity contribution in [3.05, 3.63) is 106 Å². The Kier molecular flexibility index (Phi) is 7.25. The van der Waals surface area contributed by atoms with Gasteiger partial charge in [0.2, 0.25) is 5.91 Å². The van der Waals surface area contributed by atoms with Crippen LogP contribution >= 0.6 is 0 Å². The summed E-state index contributed by atoms with van der Waals surface area (Å²) in [6.45, 7) is 3.71. The van der Waals surface area contributed by atoms with Gasteiger partial charge >= 0.3 is 0 Å². The highest BCUT2D eigenvalue weighted by Gasteiger charge is 2.30. The van der Waals surface area contributed by atoms with E-state index in [9.17, 15) is 14.4 Å². The fraction of sp³-hybridized carbons (Fsp3) is 0.269. The molecule has 0 aliphatic heterocycles. The molecule has 0 aliphatic rings. The number of carbonyl (C=O) groups excluding carboxylic acids is 2. The normalized spacial score (nSPS) is 11.8. The molecule has 1 unspecified atom stereocenters. The number of hydrogen-bond donors (Lipinski definition) is 1. The Hall–Kier alpha value is -3.67. The van der Waals surface area contributed by atoms with Crippen molar-refractivity contribution in [2.45, 2.75) is 25.8 Å². The second-order valence-electron chi connectivity index (χ2n) is 7.95. The highest BCUT2D eigenvalue weighted by atomic mass is 16.2. The summed E-state index contributed by atoms with van der Waals surface area (Å²) in [5, 5.41) is 2.65.